The van der Waals surface area contributed by atoms with Crippen LogP contribution in [0.1, 0.15) is 11.7 Å². The molecule has 5 nitrogen and oxygen atoms in total. The van der Waals surface area contributed by atoms with Crippen LogP contribution in [-0.2, 0) is 0 Å². The van der Waals surface area contributed by atoms with Crippen molar-refractivity contribution in [3.8, 4) is 0 Å². The smallest absolute Gasteiger partial charge is 0.187 e. The average Bonchev–Trinajstić information content (AvgIpc) is 2.28. The number of aromatic nitrogens is 2. The van der Waals surface area contributed by atoms with Gasteiger partial charge in [0, 0.05) is 24.5 Å². The van der Waals surface area contributed by atoms with E-state index in [-0.39, 0.29) is 0 Å². The molecule has 0 amide bonds. The molecule has 84 valence electrons. The zero-order valence-corrected chi connectivity index (χ0v) is 9.53. The molecular formula is C9H15N3O2S. The molecule has 0 fully saturated rings. The van der Waals surface area contributed by atoms with E-state index in [9.17, 15) is 10.2 Å². The quantitative estimate of drug-likeness (QED) is 0.480. The molecule has 0 aliphatic heterocycles. The molecular weight excluding hydrogens is 214 g/mol. The number of rotatable bonds is 5. The summed E-state index contributed by atoms with van der Waals surface area (Å²) in [5.74, 6) is 0. The molecule has 0 saturated carbocycles. The summed E-state index contributed by atoms with van der Waals surface area (Å²) in [4.78, 5) is 8.04. The monoisotopic (exact) mass is 229 g/mol. The van der Waals surface area contributed by atoms with Gasteiger partial charge in [0.15, 0.2) is 5.16 Å². The first-order valence-electron chi connectivity index (χ1n) is 4.55. The van der Waals surface area contributed by atoms with Crippen molar-refractivity contribution in [1.82, 2.24) is 15.3 Å². The van der Waals surface area contributed by atoms with Gasteiger partial charge in [0.2, 0.25) is 0 Å². The van der Waals surface area contributed by atoms with Crippen LogP contribution in [0.2, 0.25) is 0 Å². The van der Waals surface area contributed by atoms with Gasteiger partial charge in [0.25, 0.3) is 0 Å². The lowest BCUT2D eigenvalue weighted by molar-refractivity contribution is 0.0197. The van der Waals surface area contributed by atoms with Crippen molar-refractivity contribution in [1.29, 1.82) is 0 Å². The van der Waals surface area contributed by atoms with E-state index in [1.807, 2.05) is 6.26 Å². The molecule has 0 radical (unpaired) electrons. The molecule has 3 N–H and O–H groups in total. The highest BCUT2D eigenvalue weighted by atomic mass is 32.2. The second kappa shape index (κ2) is 6.02. The van der Waals surface area contributed by atoms with E-state index < -0.39 is 12.2 Å². The molecule has 2 unspecified atom stereocenters. The maximum Gasteiger partial charge on any atom is 0.187 e. The molecule has 0 aromatic carbocycles. The molecule has 6 heteroatoms. The van der Waals surface area contributed by atoms with Gasteiger partial charge >= 0.3 is 0 Å². The zero-order valence-electron chi connectivity index (χ0n) is 8.71. The fourth-order valence-corrected chi connectivity index (χ4v) is 1.44. The Morgan fingerprint density at radius 3 is 2.47 bits per heavy atom. The van der Waals surface area contributed by atoms with E-state index in [1.165, 1.54) is 24.2 Å². The fourth-order valence-electron chi connectivity index (χ4n) is 1.13. The number of hydrogen-bond acceptors (Lipinski definition) is 6. The lowest BCUT2D eigenvalue weighted by atomic mass is 10.1. The van der Waals surface area contributed by atoms with E-state index in [1.54, 1.807) is 7.05 Å². The third kappa shape index (κ3) is 3.42. The largest absolute Gasteiger partial charge is 0.389 e. The molecule has 0 saturated heterocycles. The normalized spacial score (nSPS) is 14.9. The number of aliphatic hydroxyl groups excluding tert-OH is 2. The van der Waals surface area contributed by atoms with E-state index in [2.05, 4.69) is 15.3 Å². The van der Waals surface area contributed by atoms with Crippen LogP contribution in [0.5, 0.6) is 0 Å². The molecule has 1 rings (SSSR count). The van der Waals surface area contributed by atoms with Crippen molar-refractivity contribution < 1.29 is 10.2 Å². The highest BCUT2D eigenvalue weighted by molar-refractivity contribution is 7.98. The minimum atomic E-state index is -0.951. The first-order valence-corrected chi connectivity index (χ1v) is 5.78. The van der Waals surface area contributed by atoms with Crippen LogP contribution in [0.4, 0.5) is 0 Å². The summed E-state index contributed by atoms with van der Waals surface area (Å²) in [6.45, 7) is 0.325. The number of nitrogens with one attached hydrogen (secondary N) is 1. The Morgan fingerprint density at radius 1 is 1.40 bits per heavy atom. The number of thioether (sulfide) groups is 1. The Balaban J connectivity index is 2.69. The second-order valence-electron chi connectivity index (χ2n) is 3.07. The van der Waals surface area contributed by atoms with Gasteiger partial charge in [-0.2, -0.15) is 0 Å². The Kier molecular flexibility index (Phi) is 4.97. The van der Waals surface area contributed by atoms with Crippen LogP contribution in [0, 0.1) is 0 Å². The lowest BCUT2D eigenvalue weighted by Crippen LogP contribution is -2.29. The summed E-state index contributed by atoms with van der Waals surface area (Å²) < 4.78 is 0. The van der Waals surface area contributed by atoms with Gasteiger partial charge in [-0.05, 0) is 13.3 Å². The van der Waals surface area contributed by atoms with E-state index >= 15 is 0 Å². The lowest BCUT2D eigenvalue weighted by Gasteiger charge is -2.16. The Morgan fingerprint density at radius 2 is 2.00 bits per heavy atom. The van der Waals surface area contributed by atoms with Crippen LogP contribution in [-0.4, -0.2) is 46.1 Å². The molecule has 1 heterocycles. The van der Waals surface area contributed by atoms with Gasteiger partial charge in [0.05, 0.1) is 6.10 Å². The summed E-state index contributed by atoms with van der Waals surface area (Å²) in [5.41, 5.74) is 0.524. The van der Waals surface area contributed by atoms with Crippen LogP contribution in [0.25, 0.3) is 0 Å². The van der Waals surface area contributed by atoms with Gasteiger partial charge in [-0.25, -0.2) is 9.97 Å². The third-order valence-corrected chi connectivity index (χ3v) is 2.53. The first kappa shape index (κ1) is 12.4. The average molecular weight is 229 g/mol. The maximum absolute atomic E-state index is 9.71. The van der Waals surface area contributed by atoms with Crippen LogP contribution < -0.4 is 5.32 Å². The molecule has 0 spiro atoms. The van der Waals surface area contributed by atoms with Crippen LogP contribution in [0.15, 0.2) is 17.6 Å². The Hall–Kier alpha value is -0.690. The van der Waals surface area contributed by atoms with E-state index in [4.69, 9.17) is 0 Å². The zero-order chi connectivity index (χ0) is 11.3. The minimum Gasteiger partial charge on any atom is -0.389 e. The molecule has 2 atom stereocenters. The highest BCUT2D eigenvalue weighted by Crippen LogP contribution is 2.16. The van der Waals surface area contributed by atoms with Crippen molar-refractivity contribution in [2.45, 2.75) is 17.4 Å². The SMILES string of the molecule is CNCC(O)C(O)c1cnc(SC)nc1. The summed E-state index contributed by atoms with van der Waals surface area (Å²) in [6, 6.07) is 0. The van der Waals surface area contributed by atoms with Gasteiger partial charge < -0.3 is 15.5 Å². The summed E-state index contributed by atoms with van der Waals surface area (Å²) in [5, 5.41) is 22.7. The molecule has 0 bridgehead atoms. The highest BCUT2D eigenvalue weighted by Gasteiger charge is 2.18. The van der Waals surface area contributed by atoms with Gasteiger partial charge in [-0.15, -0.1) is 0 Å². The minimum absolute atomic E-state index is 0.325. The number of hydrogen-bond donors (Lipinski definition) is 3. The predicted molar refractivity (Wildman–Crippen MR) is 58.7 cm³/mol. The van der Waals surface area contributed by atoms with E-state index in [0.29, 0.717) is 17.3 Å². The van der Waals surface area contributed by atoms with Crippen LogP contribution >= 0.6 is 11.8 Å². The summed E-state index contributed by atoms with van der Waals surface area (Å²) >= 11 is 1.43. The second-order valence-corrected chi connectivity index (χ2v) is 3.85. The number of nitrogens with zero attached hydrogens (tertiary/aromatic N) is 2. The van der Waals surface area contributed by atoms with Gasteiger partial charge in [-0.3, -0.25) is 0 Å². The van der Waals surface area contributed by atoms with Crippen molar-refractivity contribution >= 4 is 11.8 Å². The van der Waals surface area contributed by atoms with Gasteiger partial charge in [0.1, 0.15) is 6.10 Å². The van der Waals surface area contributed by atoms with Gasteiger partial charge in [-0.1, -0.05) is 11.8 Å². The summed E-state index contributed by atoms with van der Waals surface area (Å²) in [7, 11) is 1.71. The molecule has 1 aromatic rings. The maximum atomic E-state index is 9.71. The Labute approximate surface area is 93.0 Å². The molecule has 0 aliphatic carbocycles. The first-order chi connectivity index (χ1) is 7.19. The number of likely N-dealkylation sites (N-methyl/N-ethyl adjacent to an activating group) is 1. The predicted octanol–water partition coefficient (Wildman–Crippen LogP) is -0.188. The molecule has 1 aromatic heterocycles. The topological polar surface area (TPSA) is 78.3 Å². The van der Waals surface area contributed by atoms with Crippen molar-refractivity contribution in [3.05, 3.63) is 18.0 Å². The molecule has 0 aliphatic rings. The van der Waals surface area contributed by atoms with Crippen molar-refractivity contribution in [3.63, 3.8) is 0 Å². The van der Waals surface area contributed by atoms with Crippen molar-refractivity contribution in [2.75, 3.05) is 19.8 Å². The van der Waals surface area contributed by atoms with E-state index in [0.717, 1.165) is 0 Å². The van der Waals surface area contributed by atoms with Crippen molar-refractivity contribution in [2.24, 2.45) is 0 Å². The molecule has 15 heavy (non-hydrogen) atoms. The fraction of sp³-hybridized carbons (Fsp3) is 0.556. The third-order valence-electron chi connectivity index (χ3n) is 1.95. The van der Waals surface area contributed by atoms with Crippen LogP contribution in [0.3, 0.4) is 0 Å². The Bertz CT molecular complexity index is 294. The summed E-state index contributed by atoms with van der Waals surface area (Å²) in [6.07, 6.45) is 3.14. The standard InChI is InChI=1S/C9H15N3O2S/c1-10-5-7(13)8(14)6-3-11-9(15-2)12-4-6/h3-4,7-8,10,13-14H,5H2,1-2H3. The number of aliphatic hydroxyl groups is 2.